The van der Waals surface area contributed by atoms with Crippen LogP contribution >= 0.6 is 0 Å². The van der Waals surface area contributed by atoms with Gasteiger partial charge in [-0.1, -0.05) is 6.07 Å². The Kier molecular flexibility index (Phi) is 9.91. The van der Waals surface area contributed by atoms with Crippen molar-refractivity contribution in [1.82, 2.24) is 4.90 Å². The van der Waals surface area contributed by atoms with Crippen LogP contribution in [0.25, 0.3) is 0 Å². The summed E-state index contributed by atoms with van der Waals surface area (Å²) in [6.45, 7) is 3.38. The van der Waals surface area contributed by atoms with Gasteiger partial charge in [-0.25, -0.2) is 8.42 Å². The smallest absolute Gasteiger partial charge is 0.305 e. The summed E-state index contributed by atoms with van der Waals surface area (Å²) < 4.78 is 40.6. The highest BCUT2D eigenvalue weighted by Gasteiger charge is 2.43. The number of esters is 1. The SMILES string of the molecule is CCOc1cc(C(CS(C)(=O)=O)N2C(=O)c3cc(CCCCC(=O)OC)cc(NC(C)=O)c3C2=O)ccc1OC. The fourth-order valence-corrected chi connectivity index (χ4v) is 5.55. The van der Waals surface area contributed by atoms with Crippen molar-refractivity contribution in [1.29, 1.82) is 0 Å². The molecule has 2 aromatic carbocycles. The number of nitrogens with one attached hydrogen (secondary N) is 1. The predicted octanol–water partition coefficient (Wildman–Crippen LogP) is 3.32. The first kappa shape index (κ1) is 30.6. The molecule has 0 fully saturated rings. The highest BCUT2D eigenvalue weighted by molar-refractivity contribution is 7.90. The number of fused-ring (bicyclic) bond motifs is 1. The molecule has 2 aromatic rings. The molecule has 1 heterocycles. The molecular weight excluding hydrogens is 540 g/mol. The van der Waals surface area contributed by atoms with Gasteiger partial charge in [0.05, 0.1) is 49.4 Å². The molecule has 3 amide bonds. The monoisotopic (exact) mass is 574 g/mol. The quantitative estimate of drug-likeness (QED) is 0.216. The Bertz CT molecular complexity index is 1420. The number of aryl methyl sites for hydroxylation is 1. The number of carbonyl (C=O) groups is 4. The van der Waals surface area contributed by atoms with E-state index in [1.807, 2.05) is 0 Å². The van der Waals surface area contributed by atoms with Crippen LogP contribution in [-0.4, -0.2) is 69.8 Å². The minimum absolute atomic E-state index is 0.00412. The second-order valence-electron chi connectivity index (χ2n) is 9.46. The van der Waals surface area contributed by atoms with E-state index in [1.54, 1.807) is 37.3 Å². The second kappa shape index (κ2) is 12.9. The summed E-state index contributed by atoms with van der Waals surface area (Å²) in [7, 11) is -0.890. The summed E-state index contributed by atoms with van der Waals surface area (Å²) in [5.41, 5.74) is 1.27. The van der Waals surface area contributed by atoms with E-state index in [-0.39, 0.29) is 29.2 Å². The van der Waals surface area contributed by atoms with Gasteiger partial charge in [0.1, 0.15) is 9.84 Å². The lowest BCUT2D eigenvalue weighted by Crippen LogP contribution is -2.37. The van der Waals surface area contributed by atoms with Crippen LogP contribution in [0.1, 0.15) is 71.0 Å². The van der Waals surface area contributed by atoms with Crippen molar-refractivity contribution in [3.05, 3.63) is 52.6 Å². The Hall–Kier alpha value is -3.93. The minimum atomic E-state index is -3.67. The number of anilines is 1. The van der Waals surface area contributed by atoms with Gasteiger partial charge in [0.2, 0.25) is 5.91 Å². The number of carbonyl (C=O) groups excluding carboxylic acids is 4. The van der Waals surface area contributed by atoms with Crippen LogP contribution in [0.5, 0.6) is 11.5 Å². The van der Waals surface area contributed by atoms with Gasteiger partial charge in [-0.2, -0.15) is 0 Å². The summed E-state index contributed by atoms with van der Waals surface area (Å²) in [6, 6.07) is 6.77. The number of hydrogen-bond donors (Lipinski definition) is 1. The Morgan fingerprint density at radius 1 is 1.02 bits per heavy atom. The molecule has 0 aromatic heterocycles. The predicted molar refractivity (Wildman–Crippen MR) is 147 cm³/mol. The van der Waals surface area contributed by atoms with E-state index < -0.39 is 39.4 Å². The Labute approximate surface area is 233 Å². The van der Waals surface area contributed by atoms with Gasteiger partial charge in [-0.3, -0.25) is 24.1 Å². The molecule has 1 unspecified atom stereocenters. The third kappa shape index (κ3) is 7.17. The van der Waals surface area contributed by atoms with Crippen LogP contribution in [0.4, 0.5) is 5.69 Å². The Morgan fingerprint density at radius 2 is 1.75 bits per heavy atom. The van der Waals surface area contributed by atoms with Crippen molar-refractivity contribution in [3.8, 4) is 11.5 Å². The maximum atomic E-state index is 13.8. The average molecular weight is 575 g/mol. The minimum Gasteiger partial charge on any atom is -0.493 e. The third-order valence-corrected chi connectivity index (χ3v) is 7.28. The van der Waals surface area contributed by atoms with Gasteiger partial charge >= 0.3 is 5.97 Å². The third-order valence-electron chi connectivity index (χ3n) is 6.36. The zero-order valence-electron chi connectivity index (χ0n) is 23.2. The van der Waals surface area contributed by atoms with E-state index >= 15 is 0 Å². The second-order valence-corrected chi connectivity index (χ2v) is 11.6. The molecule has 0 saturated carbocycles. The van der Waals surface area contributed by atoms with Crippen molar-refractivity contribution >= 4 is 39.2 Å². The number of benzene rings is 2. The number of amides is 3. The fraction of sp³-hybridized carbons (Fsp3) is 0.429. The van der Waals surface area contributed by atoms with E-state index in [2.05, 4.69) is 10.1 Å². The van der Waals surface area contributed by atoms with E-state index in [9.17, 15) is 27.6 Å². The van der Waals surface area contributed by atoms with E-state index in [1.165, 1.54) is 21.1 Å². The van der Waals surface area contributed by atoms with Gasteiger partial charge in [-0.05, 0) is 61.6 Å². The van der Waals surface area contributed by atoms with Crippen LogP contribution in [-0.2, 0) is 30.6 Å². The summed E-state index contributed by atoms with van der Waals surface area (Å²) in [6.07, 6.45) is 2.89. The molecule has 0 aliphatic carbocycles. The number of imide groups is 1. The Morgan fingerprint density at radius 3 is 2.35 bits per heavy atom. The van der Waals surface area contributed by atoms with Crippen LogP contribution < -0.4 is 14.8 Å². The molecule has 1 atom stereocenters. The Balaban J connectivity index is 2.06. The highest BCUT2D eigenvalue weighted by atomic mass is 32.2. The fourth-order valence-electron chi connectivity index (χ4n) is 4.64. The largest absolute Gasteiger partial charge is 0.493 e. The number of ether oxygens (including phenoxy) is 3. The molecule has 0 spiro atoms. The standard InChI is InChI=1S/C28H34N2O9S/c1-6-39-24-15-19(11-12-23(24)37-3)22(16-40(5,35)36)30-27(33)20-13-18(9-7-8-10-25(32)38-4)14-21(29-17(2)31)26(20)28(30)34/h11-15,22H,6-10,16H2,1-5H3,(H,29,31). The van der Waals surface area contributed by atoms with Crippen LogP contribution in [0.2, 0.25) is 0 Å². The van der Waals surface area contributed by atoms with E-state index in [0.29, 0.717) is 48.5 Å². The first-order chi connectivity index (χ1) is 18.9. The molecule has 3 rings (SSSR count). The lowest BCUT2D eigenvalue weighted by Gasteiger charge is -2.27. The normalized spacial score (nSPS) is 13.6. The number of rotatable bonds is 13. The van der Waals surface area contributed by atoms with Crippen molar-refractivity contribution < 1.29 is 41.8 Å². The molecule has 1 N–H and O–H groups in total. The lowest BCUT2D eigenvalue weighted by atomic mass is 9.99. The van der Waals surface area contributed by atoms with Crippen molar-refractivity contribution in [2.75, 3.05) is 38.2 Å². The summed E-state index contributed by atoms with van der Waals surface area (Å²) in [5.74, 6) is -1.93. The first-order valence-electron chi connectivity index (χ1n) is 12.8. The zero-order chi connectivity index (χ0) is 29.6. The molecule has 216 valence electrons. The number of unbranched alkanes of at least 4 members (excludes halogenated alkanes) is 1. The van der Waals surface area contributed by atoms with Gasteiger partial charge in [-0.15, -0.1) is 0 Å². The van der Waals surface area contributed by atoms with Crippen LogP contribution in [0.3, 0.4) is 0 Å². The van der Waals surface area contributed by atoms with Crippen LogP contribution in [0, 0.1) is 0 Å². The summed E-state index contributed by atoms with van der Waals surface area (Å²) in [4.78, 5) is 51.9. The first-order valence-corrected chi connectivity index (χ1v) is 14.8. The molecule has 1 aliphatic rings. The summed E-state index contributed by atoms with van der Waals surface area (Å²) >= 11 is 0. The summed E-state index contributed by atoms with van der Waals surface area (Å²) in [5, 5.41) is 2.64. The highest BCUT2D eigenvalue weighted by Crippen LogP contribution is 2.39. The number of methoxy groups -OCH3 is 2. The van der Waals surface area contributed by atoms with Gasteiger partial charge in [0.15, 0.2) is 11.5 Å². The molecule has 0 bridgehead atoms. The molecule has 0 radical (unpaired) electrons. The number of hydrogen-bond acceptors (Lipinski definition) is 9. The molecular formula is C28H34N2O9S. The maximum absolute atomic E-state index is 13.8. The average Bonchev–Trinajstić information content (AvgIpc) is 3.13. The topological polar surface area (TPSA) is 145 Å². The van der Waals surface area contributed by atoms with Crippen molar-refractivity contribution in [2.45, 2.75) is 45.6 Å². The number of sulfone groups is 1. The molecule has 40 heavy (non-hydrogen) atoms. The molecule has 12 heteroatoms. The van der Waals surface area contributed by atoms with E-state index in [0.717, 1.165) is 11.2 Å². The van der Waals surface area contributed by atoms with Crippen molar-refractivity contribution in [2.24, 2.45) is 0 Å². The molecule has 0 saturated heterocycles. The zero-order valence-corrected chi connectivity index (χ0v) is 24.1. The molecule has 1 aliphatic heterocycles. The van der Waals surface area contributed by atoms with E-state index in [4.69, 9.17) is 9.47 Å². The lowest BCUT2D eigenvalue weighted by molar-refractivity contribution is -0.140. The van der Waals surface area contributed by atoms with Crippen molar-refractivity contribution in [3.63, 3.8) is 0 Å². The molecule has 11 nitrogen and oxygen atoms in total. The van der Waals surface area contributed by atoms with Gasteiger partial charge in [0, 0.05) is 19.6 Å². The number of nitrogens with zero attached hydrogens (tertiary/aromatic N) is 1. The van der Waals surface area contributed by atoms with Gasteiger partial charge in [0.25, 0.3) is 11.8 Å². The maximum Gasteiger partial charge on any atom is 0.305 e. The van der Waals surface area contributed by atoms with Gasteiger partial charge < -0.3 is 19.5 Å². The van der Waals surface area contributed by atoms with Crippen LogP contribution in [0.15, 0.2) is 30.3 Å².